The fraction of sp³-hybridized carbons (Fsp3) is 0.462. The number of imidazole rings is 1. The number of aliphatic imine (C=N–C) groups is 1. The summed E-state index contributed by atoms with van der Waals surface area (Å²) >= 11 is 0. The van der Waals surface area contributed by atoms with Crippen molar-refractivity contribution in [3.8, 4) is 12.3 Å². The molecule has 1 fully saturated rings. The molecule has 4 atom stereocenters. The number of fused-ring (bicyclic) bond motifs is 1. The Kier molecular flexibility index (Phi) is 3.15. The van der Waals surface area contributed by atoms with Gasteiger partial charge >= 0.3 is 0 Å². The van der Waals surface area contributed by atoms with Crippen molar-refractivity contribution in [3.63, 3.8) is 0 Å². The zero-order valence-electron chi connectivity index (χ0n) is 10.9. The first-order valence-corrected chi connectivity index (χ1v) is 6.30. The second-order valence-electron chi connectivity index (χ2n) is 4.89. The summed E-state index contributed by atoms with van der Waals surface area (Å²) in [6, 6.07) is 0. The largest absolute Gasteiger partial charge is 0.394 e. The molecule has 0 spiro atoms. The normalized spacial score (nSPS) is 34.8. The van der Waals surface area contributed by atoms with E-state index in [0.29, 0.717) is 0 Å². The van der Waals surface area contributed by atoms with E-state index in [2.05, 4.69) is 15.9 Å². The van der Waals surface area contributed by atoms with Crippen molar-refractivity contribution in [1.82, 2.24) is 9.55 Å². The number of hydrogen-bond donors (Lipinski definition) is 3. The van der Waals surface area contributed by atoms with Crippen LogP contribution in [0.25, 0.3) is 0 Å². The molecule has 0 aromatic carbocycles. The van der Waals surface area contributed by atoms with E-state index in [4.69, 9.17) is 11.2 Å². The molecule has 3 rings (SSSR count). The molecule has 1 saturated heterocycles. The number of rotatable bonds is 2. The smallest absolute Gasteiger partial charge is 0.199 e. The van der Waals surface area contributed by atoms with E-state index < -0.39 is 30.6 Å². The standard InChI is InChI=1S/C13H13N3O5/c1-2-13(20)10(19)8(5-17)21-12(13)16-6-15-9-7(18)3-4-14-11(9)16/h1,4,6,8,10,12,17,19-20H,3,5H2/t8-,10-,12-,13-/m1/s1. The van der Waals surface area contributed by atoms with Crippen LogP contribution in [0, 0.1) is 12.3 Å². The Balaban J connectivity index is 2.08. The van der Waals surface area contributed by atoms with Gasteiger partial charge in [0.1, 0.15) is 12.2 Å². The van der Waals surface area contributed by atoms with Crippen LogP contribution >= 0.6 is 0 Å². The lowest BCUT2D eigenvalue weighted by atomic mass is 9.95. The molecule has 110 valence electrons. The fourth-order valence-electron chi connectivity index (χ4n) is 2.51. The lowest BCUT2D eigenvalue weighted by Gasteiger charge is -2.26. The Morgan fingerprint density at radius 2 is 2.38 bits per heavy atom. The van der Waals surface area contributed by atoms with E-state index in [1.54, 1.807) is 0 Å². The molecule has 0 amide bonds. The molecule has 1 aromatic heterocycles. The molecule has 0 radical (unpaired) electrons. The maximum absolute atomic E-state index is 11.7. The van der Waals surface area contributed by atoms with Crippen molar-refractivity contribution < 1.29 is 24.9 Å². The zero-order valence-corrected chi connectivity index (χ0v) is 10.9. The number of ether oxygens (including phenoxy) is 1. The summed E-state index contributed by atoms with van der Waals surface area (Å²) in [6.45, 7) is -0.513. The topological polar surface area (TPSA) is 117 Å². The molecule has 3 heterocycles. The molecule has 3 N–H and O–H groups in total. The van der Waals surface area contributed by atoms with Crippen LogP contribution in [-0.4, -0.2) is 61.3 Å². The number of carbonyl (C=O) groups excluding carboxylic acids is 1. The van der Waals surface area contributed by atoms with Crippen LogP contribution in [0.5, 0.6) is 0 Å². The van der Waals surface area contributed by atoms with Gasteiger partial charge in [0.25, 0.3) is 0 Å². The zero-order chi connectivity index (χ0) is 15.2. The highest BCUT2D eigenvalue weighted by Gasteiger charge is 2.56. The number of aliphatic hydroxyl groups is 3. The number of Topliss-reactive ketones (excluding diaryl/α,β-unsaturated/α-hetero) is 1. The van der Waals surface area contributed by atoms with Crippen molar-refractivity contribution in [1.29, 1.82) is 0 Å². The third kappa shape index (κ3) is 1.83. The Labute approximate surface area is 119 Å². The van der Waals surface area contributed by atoms with Gasteiger partial charge in [0, 0.05) is 12.6 Å². The molecule has 0 aliphatic carbocycles. The predicted octanol–water partition coefficient (Wildman–Crippen LogP) is -1.21. The first kappa shape index (κ1) is 13.9. The summed E-state index contributed by atoms with van der Waals surface area (Å²) in [4.78, 5) is 19.8. The van der Waals surface area contributed by atoms with Crippen LogP contribution in [0.2, 0.25) is 0 Å². The van der Waals surface area contributed by atoms with Crippen LogP contribution < -0.4 is 0 Å². The Bertz CT molecular complexity index is 661. The summed E-state index contributed by atoms with van der Waals surface area (Å²) in [5, 5.41) is 29.7. The summed E-state index contributed by atoms with van der Waals surface area (Å²) in [7, 11) is 0. The van der Waals surface area contributed by atoms with Gasteiger partial charge in [0.15, 0.2) is 29.1 Å². The van der Waals surface area contributed by atoms with Gasteiger partial charge in [-0.25, -0.2) is 9.98 Å². The van der Waals surface area contributed by atoms with E-state index in [-0.39, 0.29) is 23.7 Å². The minimum atomic E-state index is -2.06. The second kappa shape index (κ2) is 4.75. The number of aliphatic hydroxyl groups excluding tert-OH is 2. The van der Waals surface area contributed by atoms with Crippen molar-refractivity contribution in [2.24, 2.45) is 4.99 Å². The summed E-state index contributed by atoms with van der Waals surface area (Å²) in [5.74, 6) is 2.09. The van der Waals surface area contributed by atoms with Crippen molar-refractivity contribution in [2.45, 2.75) is 30.5 Å². The number of nitrogens with zero attached hydrogens (tertiary/aromatic N) is 3. The lowest BCUT2D eigenvalue weighted by molar-refractivity contribution is -0.0731. The summed E-state index contributed by atoms with van der Waals surface area (Å²) in [5.41, 5.74) is -1.90. The monoisotopic (exact) mass is 291 g/mol. The fourth-order valence-corrected chi connectivity index (χ4v) is 2.51. The predicted molar refractivity (Wildman–Crippen MR) is 70.1 cm³/mol. The van der Waals surface area contributed by atoms with E-state index >= 15 is 0 Å². The molecule has 2 aliphatic heterocycles. The van der Waals surface area contributed by atoms with Crippen LogP contribution in [0.1, 0.15) is 23.1 Å². The molecule has 0 bridgehead atoms. The van der Waals surface area contributed by atoms with E-state index in [9.17, 15) is 20.1 Å². The summed E-state index contributed by atoms with van der Waals surface area (Å²) in [6.07, 6.45) is 4.44. The maximum atomic E-state index is 11.7. The van der Waals surface area contributed by atoms with Gasteiger partial charge in [-0.3, -0.25) is 9.36 Å². The number of carbonyl (C=O) groups is 1. The van der Waals surface area contributed by atoms with Crippen LogP contribution in [0.15, 0.2) is 11.3 Å². The first-order valence-electron chi connectivity index (χ1n) is 6.30. The molecule has 2 aliphatic rings. The van der Waals surface area contributed by atoms with Crippen LogP contribution in [0.4, 0.5) is 5.82 Å². The highest BCUT2D eigenvalue weighted by Crippen LogP contribution is 2.41. The Morgan fingerprint density at radius 3 is 3.05 bits per heavy atom. The first-order chi connectivity index (χ1) is 10.0. The number of ketones is 1. The number of terminal acetylenes is 1. The minimum absolute atomic E-state index is 0.150. The number of aromatic nitrogens is 2. The van der Waals surface area contributed by atoms with Crippen LogP contribution in [0.3, 0.4) is 0 Å². The number of hydrogen-bond acceptors (Lipinski definition) is 7. The van der Waals surface area contributed by atoms with E-state index in [1.165, 1.54) is 17.1 Å². The molecule has 21 heavy (non-hydrogen) atoms. The quantitative estimate of drug-likeness (QED) is 0.588. The van der Waals surface area contributed by atoms with Gasteiger partial charge in [-0.1, -0.05) is 5.92 Å². The SMILES string of the molecule is C#C[C@@]1(O)[C@H](O)[C@@H](CO)O[C@H]1n1cnc2c1N=CCC2=O. The molecule has 0 saturated carbocycles. The molecular weight excluding hydrogens is 278 g/mol. The van der Waals surface area contributed by atoms with E-state index in [0.717, 1.165) is 0 Å². The third-order valence-electron chi connectivity index (χ3n) is 3.67. The van der Waals surface area contributed by atoms with Gasteiger partial charge in [0.05, 0.1) is 12.9 Å². The second-order valence-corrected chi connectivity index (χ2v) is 4.89. The van der Waals surface area contributed by atoms with Gasteiger partial charge < -0.3 is 20.1 Å². The summed E-state index contributed by atoms with van der Waals surface area (Å²) < 4.78 is 6.71. The van der Waals surface area contributed by atoms with Gasteiger partial charge in [-0.2, -0.15) is 0 Å². The van der Waals surface area contributed by atoms with Crippen molar-refractivity contribution in [2.75, 3.05) is 6.61 Å². The average molecular weight is 291 g/mol. The highest BCUT2D eigenvalue weighted by molar-refractivity contribution is 6.08. The molecule has 8 nitrogen and oxygen atoms in total. The Hall–Kier alpha value is -2.05. The average Bonchev–Trinajstić information content (AvgIpc) is 3.01. The maximum Gasteiger partial charge on any atom is 0.199 e. The van der Waals surface area contributed by atoms with Gasteiger partial charge in [-0.15, -0.1) is 6.42 Å². The lowest BCUT2D eigenvalue weighted by Crippen LogP contribution is -2.45. The van der Waals surface area contributed by atoms with E-state index in [1.807, 2.05) is 0 Å². The van der Waals surface area contributed by atoms with Gasteiger partial charge in [0.2, 0.25) is 0 Å². The minimum Gasteiger partial charge on any atom is -0.394 e. The third-order valence-corrected chi connectivity index (χ3v) is 3.67. The van der Waals surface area contributed by atoms with Gasteiger partial charge in [-0.05, 0) is 0 Å². The van der Waals surface area contributed by atoms with Crippen molar-refractivity contribution >= 4 is 17.8 Å². The molecule has 0 unspecified atom stereocenters. The molecule has 1 aromatic rings. The molecular formula is C13H13N3O5. The Morgan fingerprint density at radius 1 is 1.62 bits per heavy atom. The van der Waals surface area contributed by atoms with Crippen LogP contribution in [-0.2, 0) is 4.74 Å². The van der Waals surface area contributed by atoms with Crippen molar-refractivity contribution in [3.05, 3.63) is 12.0 Å². The highest BCUT2D eigenvalue weighted by atomic mass is 16.6. The molecule has 8 heteroatoms.